The Morgan fingerprint density at radius 2 is 2.44 bits per heavy atom. The predicted octanol–water partition coefficient (Wildman–Crippen LogP) is 0.507. The monoisotopic (exact) mass is 222 g/mol. The predicted molar refractivity (Wildman–Crippen MR) is 54.2 cm³/mol. The molecule has 6 nitrogen and oxygen atoms in total. The van der Waals surface area contributed by atoms with E-state index in [1.165, 1.54) is 18.3 Å². The third-order valence-electron chi connectivity index (χ3n) is 2.28. The van der Waals surface area contributed by atoms with Crippen molar-refractivity contribution in [2.24, 2.45) is 0 Å². The van der Waals surface area contributed by atoms with Gasteiger partial charge in [-0.25, -0.2) is 14.6 Å². The summed E-state index contributed by atoms with van der Waals surface area (Å²) in [7, 11) is 0. The number of nitrogens with zero attached hydrogens (tertiary/aromatic N) is 1. The first-order valence-corrected chi connectivity index (χ1v) is 4.80. The summed E-state index contributed by atoms with van der Waals surface area (Å²) in [6.07, 6.45) is 1.99. The first kappa shape index (κ1) is 10.4. The van der Waals surface area contributed by atoms with E-state index in [4.69, 9.17) is 9.84 Å². The van der Waals surface area contributed by atoms with E-state index in [2.05, 4.69) is 10.3 Å². The molecule has 0 saturated carbocycles. The molecule has 0 spiro atoms. The number of pyridine rings is 1. The second-order valence-electron chi connectivity index (χ2n) is 3.36. The molecule has 0 bridgehead atoms. The summed E-state index contributed by atoms with van der Waals surface area (Å²) in [5, 5.41) is 11.7. The van der Waals surface area contributed by atoms with Gasteiger partial charge in [-0.1, -0.05) is 0 Å². The van der Waals surface area contributed by atoms with E-state index in [0.717, 1.165) is 0 Å². The number of hydrogen-bond acceptors (Lipinski definition) is 5. The zero-order chi connectivity index (χ0) is 11.5. The molecule has 1 aromatic heterocycles. The Bertz CT molecular complexity index is 433. The zero-order valence-electron chi connectivity index (χ0n) is 8.34. The van der Waals surface area contributed by atoms with Crippen molar-refractivity contribution >= 4 is 17.8 Å². The Balaban J connectivity index is 2.20. The van der Waals surface area contributed by atoms with Crippen LogP contribution in [0.15, 0.2) is 18.3 Å². The fraction of sp³-hybridized carbons (Fsp3) is 0.300. The summed E-state index contributed by atoms with van der Waals surface area (Å²) in [5.41, 5.74) is 0.0437. The van der Waals surface area contributed by atoms with Crippen molar-refractivity contribution in [3.8, 4) is 0 Å². The first-order valence-electron chi connectivity index (χ1n) is 4.80. The number of carboxylic acid groups (broad SMARTS) is 1. The fourth-order valence-corrected chi connectivity index (χ4v) is 1.48. The molecule has 1 fully saturated rings. The van der Waals surface area contributed by atoms with Crippen molar-refractivity contribution in [3.05, 3.63) is 23.9 Å². The van der Waals surface area contributed by atoms with E-state index >= 15 is 0 Å². The second kappa shape index (κ2) is 4.18. The van der Waals surface area contributed by atoms with Crippen LogP contribution in [0.3, 0.4) is 0 Å². The lowest BCUT2D eigenvalue weighted by atomic mass is 10.2. The van der Waals surface area contributed by atoms with Gasteiger partial charge in [-0.15, -0.1) is 0 Å². The molecule has 2 rings (SSSR count). The highest BCUT2D eigenvalue weighted by molar-refractivity contribution is 5.94. The molecular formula is C10H10N2O4. The van der Waals surface area contributed by atoms with Gasteiger partial charge >= 0.3 is 11.9 Å². The second-order valence-corrected chi connectivity index (χ2v) is 3.36. The number of carbonyl (C=O) groups is 2. The SMILES string of the molecule is O=C(O)c1cccnc1NC1CCOC1=O. The van der Waals surface area contributed by atoms with Gasteiger partial charge in [-0.05, 0) is 12.1 Å². The van der Waals surface area contributed by atoms with Gasteiger partial charge in [-0.3, -0.25) is 0 Å². The van der Waals surface area contributed by atoms with Crippen molar-refractivity contribution in [3.63, 3.8) is 0 Å². The maximum Gasteiger partial charge on any atom is 0.339 e. The van der Waals surface area contributed by atoms with Crippen LogP contribution in [0.1, 0.15) is 16.8 Å². The standard InChI is InChI=1S/C10H10N2O4/c13-9(14)6-2-1-4-11-8(6)12-7-3-5-16-10(7)15/h1-2,4,7H,3,5H2,(H,11,12)(H,13,14). The van der Waals surface area contributed by atoms with Gasteiger partial charge in [0.2, 0.25) is 0 Å². The number of aromatic carboxylic acids is 1. The van der Waals surface area contributed by atoms with E-state index in [0.29, 0.717) is 13.0 Å². The summed E-state index contributed by atoms with van der Waals surface area (Å²) >= 11 is 0. The van der Waals surface area contributed by atoms with Gasteiger partial charge < -0.3 is 15.2 Å². The molecule has 84 valence electrons. The molecule has 16 heavy (non-hydrogen) atoms. The summed E-state index contributed by atoms with van der Waals surface area (Å²) in [6.45, 7) is 0.353. The van der Waals surface area contributed by atoms with Crippen molar-refractivity contribution in [1.29, 1.82) is 0 Å². The fourth-order valence-electron chi connectivity index (χ4n) is 1.48. The molecule has 0 amide bonds. The smallest absolute Gasteiger partial charge is 0.339 e. The van der Waals surface area contributed by atoms with Crippen LogP contribution in [0, 0.1) is 0 Å². The number of anilines is 1. The number of nitrogens with one attached hydrogen (secondary N) is 1. The Kier molecular flexibility index (Phi) is 2.72. The van der Waals surface area contributed by atoms with Crippen molar-refractivity contribution in [2.75, 3.05) is 11.9 Å². The lowest BCUT2D eigenvalue weighted by molar-refractivity contribution is -0.138. The number of cyclic esters (lactones) is 1. The highest BCUT2D eigenvalue weighted by atomic mass is 16.5. The zero-order valence-corrected chi connectivity index (χ0v) is 8.34. The Morgan fingerprint density at radius 3 is 3.06 bits per heavy atom. The van der Waals surface area contributed by atoms with Gasteiger partial charge in [0.05, 0.1) is 6.61 Å². The Morgan fingerprint density at radius 1 is 1.62 bits per heavy atom. The van der Waals surface area contributed by atoms with Gasteiger partial charge in [0.1, 0.15) is 17.4 Å². The van der Waals surface area contributed by atoms with Crippen LogP contribution in [0.4, 0.5) is 5.82 Å². The maximum atomic E-state index is 11.2. The number of aromatic nitrogens is 1. The van der Waals surface area contributed by atoms with Crippen LogP contribution in [0.5, 0.6) is 0 Å². The molecular weight excluding hydrogens is 212 g/mol. The van der Waals surface area contributed by atoms with E-state index in [9.17, 15) is 9.59 Å². The molecule has 1 aliphatic heterocycles. The van der Waals surface area contributed by atoms with Crippen LogP contribution in [-0.4, -0.2) is 34.7 Å². The minimum Gasteiger partial charge on any atom is -0.478 e. The average molecular weight is 222 g/mol. The number of esters is 1. The molecule has 2 heterocycles. The van der Waals surface area contributed by atoms with Gasteiger partial charge in [-0.2, -0.15) is 0 Å². The molecule has 0 aliphatic carbocycles. The Hall–Kier alpha value is -2.11. The minimum absolute atomic E-state index is 0.0437. The van der Waals surface area contributed by atoms with Crippen LogP contribution < -0.4 is 5.32 Å². The van der Waals surface area contributed by atoms with Gasteiger partial charge in [0.15, 0.2) is 0 Å². The summed E-state index contributed by atoms with van der Waals surface area (Å²) in [4.78, 5) is 26.0. The maximum absolute atomic E-state index is 11.2. The van der Waals surface area contributed by atoms with E-state index in [-0.39, 0.29) is 17.4 Å². The molecule has 1 aliphatic rings. The van der Waals surface area contributed by atoms with E-state index < -0.39 is 12.0 Å². The lowest BCUT2D eigenvalue weighted by Crippen LogP contribution is -2.26. The first-order chi connectivity index (χ1) is 7.68. The third-order valence-corrected chi connectivity index (χ3v) is 2.28. The molecule has 0 aromatic carbocycles. The number of carbonyl (C=O) groups excluding carboxylic acids is 1. The minimum atomic E-state index is -1.08. The molecule has 1 atom stereocenters. The molecule has 2 N–H and O–H groups in total. The van der Waals surface area contributed by atoms with Crippen LogP contribution in [-0.2, 0) is 9.53 Å². The summed E-state index contributed by atoms with van der Waals surface area (Å²) in [5.74, 6) is -1.26. The Labute approximate surface area is 91.3 Å². The molecule has 1 unspecified atom stereocenters. The quantitative estimate of drug-likeness (QED) is 0.724. The average Bonchev–Trinajstić information content (AvgIpc) is 2.65. The topological polar surface area (TPSA) is 88.5 Å². The van der Waals surface area contributed by atoms with E-state index in [1.807, 2.05) is 0 Å². The largest absolute Gasteiger partial charge is 0.478 e. The number of ether oxygens (including phenoxy) is 1. The molecule has 0 radical (unpaired) electrons. The molecule has 1 aromatic rings. The van der Waals surface area contributed by atoms with Crippen LogP contribution in [0.2, 0.25) is 0 Å². The number of rotatable bonds is 3. The van der Waals surface area contributed by atoms with Gasteiger partial charge in [0, 0.05) is 12.6 Å². The van der Waals surface area contributed by atoms with E-state index in [1.54, 1.807) is 0 Å². The lowest BCUT2D eigenvalue weighted by Gasteiger charge is -2.11. The highest BCUT2D eigenvalue weighted by Gasteiger charge is 2.27. The summed E-state index contributed by atoms with van der Waals surface area (Å²) in [6, 6.07) is 2.45. The van der Waals surface area contributed by atoms with Crippen LogP contribution >= 0.6 is 0 Å². The van der Waals surface area contributed by atoms with Gasteiger partial charge in [0.25, 0.3) is 0 Å². The molecule has 1 saturated heterocycles. The van der Waals surface area contributed by atoms with Crippen molar-refractivity contribution < 1.29 is 19.4 Å². The van der Waals surface area contributed by atoms with Crippen LogP contribution in [0.25, 0.3) is 0 Å². The molecule has 6 heteroatoms. The highest BCUT2D eigenvalue weighted by Crippen LogP contribution is 2.16. The summed E-state index contributed by atoms with van der Waals surface area (Å²) < 4.78 is 4.76. The van der Waals surface area contributed by atoms with Crippen molar-refractivity contribution in [1.82, 2.24) is 4.98 Å². The number of hydrogen-bond donors (Lipinski definition) is 2. The van der Waals surface area contributed by atoms with Crippen molar-refractivity contribution in [2.45, 2.75) is 12.5 Å². The number of carboxylic acids is 1. The third kappa shape index (κ3) is 1.95. The normalized spacial score (nSPS) is 19.2.